The molecule has 0 saturated carbocycles. The highest BCUT2D eigenvalue weighted by atomic mass is 16.6. The molecule has 1 aliphatic heterocycles. The van der Waals surface area contributed by atoms with Gasteiger partial charge in [-0.05, 0) is 52.3 Å². The molecule has 0 aliphatic carbocycles. The monoisotopic (exact) mass is 372 g/mol. The van der Waals surface area contributed by atoms with E-state index in [1.807, 2.05) is 52.0 Å². The van der Waals surface area contributed by atoms with Gasteiger partial charge in [0, 0.05) is 36.1 Å². The molecule has 1 fully saturated rings. The fourth-order valence-corrected chi connectivity index (χ4v) is 3.27. The van der Waals surface area contributed by atoms with Crippen LogP contribution in [0.5, 0.6) is 0 Å². The summed E-state index contributed by atoms with van der Waals surface area (Å²) in [6.45, 7) is 8.37. The summed E-state index contributed by atoms with van der Waals surface area (Å²) < 4.78 is 5.39. The van der Waals surface area contributed by atoms with E-state index in [2.05, 4.69) is 10.3 Å². The first-order chi connectivity index (χ1) is 12.6. The Morgan fingerprint density at radius 3 is 2.70 bits per heavy atom. The molecule has 7 heteroatoms. The van der Waals surface area contributed by atoms with E-state index in [-0.39, 0.29) is 24.1 Å². The summed E-state index contributed by atoms with van der Waals surface area (Å²) in [7, 11) is 0. The average molecular weight is 372 g/mol. The van der Waals surface area contributed by atoms with E-state index in [4.69, 9.17) is 10.5 Å². The second-order valence-electron chi connectivity index (χ2n) is 8.23. The number of benzene rings is 1. The summed E-state index contributed by atoms with van der Waals surface area (Å²) in [5.74, 6) is -0.185. The van der Waals surface area contributed by atoms with E-state index in [1.54, 1.807) is 4.90 Å². The predicted octanol–water partition coefficient (Wildman–Crippen LogP) is 2.54. The topological polar surface area (TPSA) is 100 Å². The summed E-state index contributed by atoms with van der Waals surface area (Å²) in [6, 6.07) is 7.31. The van der Waals surface area contributed by atoms with Crippen molar-refractivity contribution in [2.24, 2.45) is 5.73 Å². The lowest BCUT2D eigenvalue weighted by molar-refractivity contribution is 0.0179. The quantitative estimate of drug-likeness (QED) is 0.754. The molecule has 146 valence electrons. The Labute approximate surface area is 159 Å². The van der Waals surface area contributed by atoms with Gasteiger partial charge in [0.15, 0.2) is 0 Å². The molecule has 1 saturated heterocycles. The van der Waals surface area contributed by atoms with Crippen molar-refractivity contribution in [3.8, 4) is 0 Å². The lowest BCUT2D eigenvalue weighted by atomic mass is 10.00. The van der Waals surface area contributed by atoms with Crippen LogP contribution in [0.2, 0.25) is 0 Å². The number of fused-ring (bicyclic) bond motifs is 1. The summed E-state index contributed by atoms with van der Waals surface area (Å²) >= 11 is 0. The fourth-order valence-electron chi connectivity index (χ4n) is 3.27. The molecule has 27 heavy (non-hydrogen) atoms. The number of rotatable bonds is 2. The second kappa shape index (κ2) is 7.23. The summed E-state index contributed by atoms with van der Waals surface area (Å²) in [5, 5.41) is 4.00. The Balaban J connectivity index is 1.61. The molecule has 1 aromatic carbocycles. The molecule has 7 nitrogen and oxygen atoms in total. The number of aromatic amines is 1. The molecule has 3 rings (SSSR count). The van der Waals surface area contributed by atoms with Crippen LogP contribution >= 0.6 is 0 Å². The van der Waals surface area contributed by atoms with Crippen molar-refractivity contribution in [3.05, 3.63) is 35.5 Å². The first kappa shape index (κ1) is 19.2. The van der Waals surface area contributed by atoms with Crippen LogP contribution in [0.1, 0.15) is 43.2 Å². The Morgan fingerprint density at radius 2 is 2.04 bits per heavy atom. The molecule has 4 N–H and O–H groups in total. The molecule has 2 aromatic rings. The van der Waals surface area contributed by atoms with E-state index >= 15 is 0 Å². The zero-order chi connectivity index (χ0) is 19.8. The zero-order valence-corrected chi connectivity index (χ0v) is 16.3. The van der Waals surface area contributed by atoms with E-state index in [1.165, 1.54) is 0 Å². The molecule has 1 aliphatic rings. The molecular weight excluding hydrogens is 344 g/mol. The Bertz CT molecular complexity index is 853. The molecule has 2 heterocycles. The normalized spacial score (nSPS) is 20.6. The summed E-state index contributed by atoms with van der Waals surface area (Å²) in [4.78, 5) is 29.5. The smallest absolute Gasteiger partial charge is 0.410 e. The summed E-state index contributed by atoms with van der Waals surface area (Å²) in [5.41, 5.74) is 8.26. The largest absolute Gasteiger partial charge is 0.444 e. The number of nitrogens with zero attached hydrogens (tertiary/aromatic N) is 1. The highest BCUT2D eigenvalue weighted by molar-refractivity contribution is 5.98. The van der Waals surface area contributed by atoms with Crippen molar-refractivity contribution in [1.29, 1.82) is 0 Å². The standard InChI is InChI=1S/C20H28N4O3/c1-12-5-6-15-13(9-12)10-17(22-15)18(25)23-16-7-8-24(11-14(16)21)19(26)27-20(2,3)4/h5-6,9-10,14,16,22H,7-8,11,21H2,1-4H3,(H,23,25)/t14-,16+/m1/s1. The average Bonchev–Trinajstić information content (AvgIpc) is 2.98. The minimum absolute atomic E-state index is 0.185. The summed E-state index contributed by atoms with van der Waals surface area (Å²) in [6.07, 6.45) is 0.222. The Kier molecular flexibility index (Phi) is 5.15. The van der Waals surface area contributed by atoms with Crippen molar-refractivity contribution in [2.75, 3.05) is 13.1 Å². The minimum Gasteiger partial charge on any atom is -0.444 e. The van der Waals surface area contributed by atoms with Crippen LogP contribution in [0.25, 0.3) is 10.9 Å². The van der Waals surface area contributed by atoms with Gasteiger partial charge in [0.05, 0.1) is 0 Å². The number of carbonyl (C=O) groups excluding carboxylic acids is 2. The van der Waals surface area contributed by atoms with E-state index in [0.29, 0.717) is 25.2 Å². The molecule has 0 unspecified atom stereocenters. The fraction of sp³-hybridized carbons (Fsp3) is 0.500. The number of aromatic nitrogens is 1. The lowest BCUT2D eigenvalue weighted by Crippen LogP contribution is -2.59. The van der Waals surface area contributed by atoms with Crippen LogP contribution in [0.4, 0.5) is 4.79 Å². The number of nitrogens with one attached hydrogen (secondary N) is 2. The van der Waals surface area contributed by atoms with Crippen LogP contribution < -0.4 is 11.1 Å². The molecule has 2 atom stereocenters. The number of ether oxygens (including phenoxy) is 1. The van der Waals surface area contributed by atoms with Crippen molar-refractivity contribution in [1.82, 2.24) is 15.2 Å². The van der Waals surface area contributed by atoms with Crippen molar-refractivity contribution >= 4 is 22.9 Å². The SMILES string of the molecule is Cc1ccc2[nH]c(C(=O)N[C@H]3CCN(C(=O)OC(C)(C)C)C[C@H]3N)cc2c1. The maximum absolute atomic E-state index is 12.6. The molecular formula is C20H28N4O3. The van der Waals surface area contributed by atoms with Crippen LogP contribution in [0, 0.1) is 6.92 Å². The number of amides is 2. The van der Waals surface area contributed by atoms with Crippen LogP contribution in [0.3, 0.4) is 0 Å². The number of hydrogen-bond acceptors (Lipinski definition) is 4. The van der Waals surface area contributed by atoms with Crippen LogP contribution in [0.15, 0.2) is 24.3 Å². The van der Waals surface area contributed by atoms with Gasteiger partial charge < -0.3 is 25.7 Å². The maximum atomic E-state index is 12.6. The highest BCUT2D eigenvalue weighted by Gasteiger charge is 2.32. The number of piperidine rings is 1. The van der Waals surface area contributed by atoms with Gasteiger partial charge in [-0.15, -0.1) is 0 Å². The van der Waals surface area contributed by atoms with Gasteiger partial charge in [-0.25, -0.2) is 4.79 Å². The first-order valence-electron chi connectivity index (χ1n) is 9.26. The number of carbonyl (C=O) groups is 2. The number of nitrogens with two attached hydrogens (primary N) is 1. The van der Waals surface area contributed by atoms with E-state index in [9.17, 15) is 9.59 Å². The molecule has 1 aromatic heterocycles. The van der Waals surface area contributed by atoms with Crippen LogP contribution in [-0.2, 0) is 4.74 Å². The van der Waals surface area contributed by atoms with Gasteiger partial charge in [-0.2, -0.15) is 0 Å². The predicted molar refractivity (Wildman–Crippen MR) is 105 cm³/mol. The Morgan fingerprint density at radius 1 is 1.30 bits per heavy atom. The molecule has 0 bridgehead atoms. The highest BCUT2D eigenvalue weighted by Crippen LogP contribution is 2.18. The molecule has 2 amide bonds. The van der Waals surface area contributed by atoms with Gasteiger partial charge in [-0.1, -0.05) is 11.6 Å². The number of likely N-dealkylation sites (tertiary alicyclic amines) is 1. The second-order valence-corrected chi connectivity index (χ2v) is 8.23. The third-order valence-electron chi connectivity index (χ3n) is 4.65. The lowest BCUT2D eigenvalue weighted by Gasteiger charge is -2.37. The number of H-pyrrole nitrogens is 1. The molecule has 0 spiro atoms. The number of hydrogen-bond donors (Lipinski definition) is 3. The van der Waals surface area contributed by atoms with E-state index in [0.717, 1.165) is 16.5 Å². The van der Waals surface area contributed by atoms with Gasteiger partial charge in [0.1, 0.15) is 11.3 Å². The molecule has 0 radical (unpaired) electrons. The van der Waals surface area contributed by atoms with Crippen molar-refractivity contribution in [3.63, 3.8) is 0 Å². The van der Waals surface area contributed by atoms with Gasteiger partial charge in [0.2, 0.25) is 0 Å². The third kappa shape index (κ3) is 4.60. The van der Waals surface area contributed by atoms with Gasteiger partial charge >= 0.3 is 6.09 Å². The van der Waals surface area contributed by atoms with Gasteiger partial charge in [0.25, 0.3) is 5.91 Å². The van der Waals surface area contributed by atoms with Crippen molar-refractivity contribution in [2.45, 2.75) is 51.8 Å². The van der Waals surface area contributed by atoms with E-state index < -0.39 is 5.60 Å². The van der Waals surface area contributed by atoms with Crippen molar-refractivity contribution < 1.29 is 14.3 Å². The first-order valence-corrected chi connectivity index (χ1v) is 9.26. The minimum atomic E-state index is -0.541. The van der Waals surface area contributed by atoms with Crippen LogP contribution in [-0.4, -0.2) is 52.7 Å². The van der Waals surface area contributed by atoms with Gasteiger partial charge in [-0.3, -0.25) is 4.79 Å². The maximum Gasteiger partial charge on any atom is 0.410 e. The number of aryl methyl sites for hydroxylation is 1. The zero-order valence-electron chi connectivity index (χ0n) is 16.3. The Hall–Kier alpha value is -2.54. The third-order valence-corrected chi connectivity index (χ3v) is 4.65.